The minimum Gasteiger partial charge on any atom is -0.496 e. The molecule has 2 N–H and O–H groups in total. The molecule has 0 aliphatic rings. The standard InChI is InChI=1S/C11H16FNO.ClH/c1-7-4-10(12)6-9(5-8(2)13)11(7)14-3;/h4,6,8H,5,13H2,1-3H3;1H. The Balaban J connectivity index is 0.00000196. The Bertz CT molecular complexity index is 329. The zero-order valence-corrected chi connectivity index (χ0v) is 10.0. The Morgan fingerprint density at radius 2 is 2.07 bits per heavy atom. The number of benzene rings is 1. The van der Waals surface area contributed by atoms with Gasteiger partial charge in [0.15, 0.2) is 0 Å². The van der Waals surface area contributed by atoms with Gasteiger partial charge < -0.3 is 10.5 Å². The summed E-state index contributed by atoms with van der Waals surface area (Å²) in [5.74, 6) is 0.502. The second-order valence-corrected chi connectivity index (χ2v) is 3.60. The highest BCUT2D eigenvalue weighted by molar-refractivity contribution is 5.85. The second kappa shape index (κ2) is 5.93. The minimum absolute atomic E-state index is 0. The molecule has 1 atom stereocenters. The Morgan fingerprint density at radius 3 is 2.53 bits per heavy atom. The van der Waals surface area contributed by atoms with Crippen LogP contribution in [0, 0.1) is 12.7 Å². The van der Waals surface area contributed by atoms with E-state index < -0.39 is 0 Å². The van der Waals surface area contributed by atoms with E-state index in [2.05, 4.69) is 0 Å². The third-order valence-electron chi connectivity index (χ3n) is 2.06. The summed E-state index contributed by atoms with van der Waals surface area (Å²) in [6.07, 6.45) is 0.627. The van der Waals surface area contributed by atoms with Crippen LogP contribution in [0.2, 0.25) is 0 Å². The predicted molar refractivity (Wildman–Crippen MR) is 62.3 cm³/mol. The molecule has 4 heteroatoms. The van der Waals surface area contributed by atoms with Gasteiger partial charge >= 0.3 is 0 Å². The van der Waals surface area contributed by atoms with Crippen LogP contribution < -0.4 is 10.5 Å². The first-order chi connectivity index (χ1) is 6.54. The highest BCUT2D eigenvalue weighted by Crippen LogP contribution is 2.25. The van der Waals surface area contributed by atoms with Crippen LogP contribution in [0.4, 0.5) is 4.39 Å². The third-order valence-corrected chi connectivity index (χ3v) is 2.06. The largest absolute Gasteiger partial charge is 0.496 e. The first-order valence-electron chi connectivity index (χ1n) is 4.63. The molecular formula is C11H17ClFNO. The van der Waals surface area contributed by atoms with Crippen LogP contribution in [0.3, 0.4) is 0 Å². The van der Waals surface area contributed by atoms with E-state index in [4.69, 9.17) is 10.5 Å². The molecule has 1 aromatic carbocycles. The van der Waals surface area contributed by atoms with Crippen LogP contribution in [0.25, 0.3) is 0 Å². The van der Waals surface area contributed by atoms with Crippen molar-refractivity contribution in [2.24, 2.45) is 5.73 Å². The summed E-state index contributed by atoms with van der Waals surface area (Å²) in [7, 11) is 1.59. The SMILES string of the molecule is COc1c(C)cc(F)cc1CC(C)N.Cl. The Hall–Kier alpha value is -0.800. The molecular weight excluding hydrogens is 217 g/mol. The van der Waals surface area contributed by atoms with Crippen molar-refractivity contribution in [2.75, 3.05) is 7.11 Å². The molecule has 0 saturated carbocycles. The van der Waals surface area contributed by atoms with E-state index in [0.717, 1.165) is 16.9 Å². The van der Waals surface area contributed by atoms with Gasteiger partial charge in [-0.2, -0.15) is 0 Å². The first kappa shape index (κ1) is 14.2. The van der Waals surface area contributed by atoms with Gasteiger partial charge in [0.25, 0.3) is 0 Å². The fraction of sp³-hybridized carbons (Fsp3) is 0.455. The summed E-state index contributed by atoms with van der Waals surface area (Å²) < 4.78 is 18.3. The first-order valence-corrected chi connectivity index (χ1v) is 4.63. The molecule has 1 aromatic rings. The number of hydrogen-bond donors (Lipinski definition) is 1. The van der Waals surface area contributed by atoms with Gasteiger partial charge in [-0.1, -0.05) is 0 Å². The van der Waals surface area contributed by atoms with Crippen molar-refractivity contribution < 1.29 is 9.13 Å². The zero-order valence-electron chi connectivity index (χ0n) is 9.21. The number of aryl methyl sites for hydroxylation is 1. The van der Waals surface area contributed by atoms with E-state index in [1.807, 2.05) is 13.8 Å². The number of nitrogens with two attached hydrogens (primary N) is 1. The highest BCUT2D eigenvalue weighted by Gasteiger charge is 2.10. The summed E-state index contributed by atoms with van der Waals surface area (Å²) in [5.41, 5.74) is 7.31. The van der Waals surface area contributed by atoms with E-state index in [9.17, 15) is 4.39 Å². The zero-order chi connectivity index (χ0) is 10.7. The number of methoxy groups -OCH3 is 1. The van der Waals surface area contributed by atoms with E-state index in [1.165, 1.54) is 12.1 Å². The van der Waals surface area contributed by atoms with Gasteiger partial charge in [-0.3, -0.25) is 0 Å². The highest BCUT2D eigenvalue weighted by atomic mass is 35.5. The molecule has 0 bridgehead atoms. The molecule has 1 rings (SSSR count). The summed E-state index contributed by atoms with van der Waals surface area (Å²) in [4.78, 5) is 0. The maximum absolute atomic E-state index is 13.1. The van der Waals surface area contributed by atoms with Crippen molar-refractivity contribution in [3.63, 3.8) is 0 Å². The van der Waals surface area contributed by atoms with Crippen molar-refractivity contribution in [1.82, 2.24) is 0 Å². The second-order valence-electron chi connectivity index (χ2n) is 3.60. The molecule has 0 heterocycles. The quantitative estimate of drug-likeness (QED) is 0.871. The molecule has 0 aliphatic carbocycles. The van der Waals surface area contributed by atoms with E-state index in [0.29, 0.717) is 6.42 Å². The Labute approximate surface area is 96.0 Å². The van der Waals surface area contributed by atoms with Gasteiger partial charge in [0.1, 0.15) is 11.6 Å². The molecule has 0 saturated heterocycles. The molecule has 1 unspecified atom stereocenters. The third kappa shape index (κ3) is 3.68. The van der Waals surface area contributed by atoms with Gasteiger partial charge in [-0.25, -0.2) is 4.39 Å². The van der Waals surface area contributed by atoms with E-state index >= 15 is 0 Å². The van der Waals surface area contributed by atoms with Crippen LogP contribution >= 0.6 is 12.4 Å². The minimum atomic E-state index is -0.237. The van der Waals surface area contributed by atoms with Gasteiger partial charge in [0.05, 0.1) is 7.11 Å². The number of ether oxygens (including phenoxy) is 1. The number of hydrogen-bond acceptors (Lipinski definition) is 2. The molecule has 15 heavy (non-hydrogen) atoms. The maximum Gasteiger partial charge on any atom is 0.125 e. The average Bonchev–Trinajstić information content (AvgIpc) is 2.01. The van der Waals surface area contributed by atoms with Crippen molar-refractivity contribution in [3.8, 4) is 5.75 Å². The summed E-state index contributed by atoms with van der Waals surface area (Å²) in [6.45, 7) is 3.71. The van der Waals surface area contributed by atoms with Crippen molar-refractivity contribution in [2.45, 2.75) is 26.3 Å². The fourth-order valence-corrected chi connectivity index (χ4v) is 1.59. The topological polar surface area (TPSA) is 35.2 Å². The molecule has 0 radical (unpaired) electrons. The Kier molecular flexibility index (Phi) is 5.61. The van der Waals surface area contributed by atoms with Crippen LogP contribution in [-0.4, -0.2) is 13.2 Å². The molecule has 0 fully saturated rings. The van der Waals surface area contributed by atoms with Crippen LogP contribution in [0.15, 0.2) is 12.1 Å². The van der Waals surface area contributed by atoms with Gasteiger partial charge in [0, 0.05) is 6.04 Å². The van der Waals surface area contributed by atoms with Gasteiger partial charge in [-0.05, 0) is 43.5 Å². The summed E-state index contributed by atoms with van der Waals surface area (Å²) in [5, 5.41) is 0. The smallest absolute Gasteiger partial charge is 0.125 e. The predicted octanol–water partition coefficient (Wildman–Crippen LogP) is 2.45. The summed E-state index contributed by atoms with van der Waals surface area (Å²) >= 11 is 0. The Morgan fingerprint density at radius 1 is 1.47 bits per heavy atom. The lowest BCUT2D eigenvalue weighted by atomic mass is 10.0. The molecule has 86 valence electrons. The maximum atomic E-state index is 13.1. The van der Waals surface area contributed by atoms with Crippen molar-refractivity contribution >= 4 is 12.4 Å². The molecule has 0 amide bonds. The van der Waals surface area contributed by atoms with Gasteiger partial charge in [0.2, 0.25) is 0 Å². The molecule has 0 aliphatic heterocycles. The lowest BCUT2D eigenvalue weighted by molar-refractivity contribution is 0.403. The normalized spacial score (nSPS) is 11.8. The fourth-order valence-electron chi connectivity index (χ4n) is 1.59. The number of rotatable bonds is 3. The molecule has 0 aromatic heterocycles. The van der Waals surface area contributed by atoms with Crippen LogP contribution in [-0.2, 0) is 6.42 Å². The van der Waals surface area contributed by atoms with Crippen LogP contribution in [0.1, 0.15) is 18.1 Å². The molecule has 2 nitrogen and oxygen atoms in total. The summed E-state index contributed by atoms with van der Waals surface area (Å²) in [6, 6.07) is 2.95. The van der Waals surface area contributed by atoms with Crippen molar-refractivity contribution in [3.05, 3.63) is 29.1 Å². The average molecular weight is 234 g/mol. The van der Waals surface area contributed by atoms with Crippen molar-refractivity contribution in [1.29, 1.82) is 0 Å². The monoisotopic (exact) mass is 233 g/mol. The lowest BCUT2D eigenvalue weighted by Gasteiger charge is -2.13. The van der Waals surface area contributed by atoms with Gasteiger partial charge in [-0.15, -0.1) is 12.4 Å². The van der Waals surface area contributed by atoms with Crippen LogP contribution in [0.5, 0.6) is 5.75 Å². The number of halogens is 2. The lowest BCUT2D eigenvalue weighted by Crippen LogP contribution is -2.18. The van der Waals surface area contributed by atoms with E-state index in [1.54, 1.807) is 7.11 Å². The molecule has 0 spiro atoms. The van der Waals surface area contributed by atoms with E-state index in [-0.39, 0.29) is 24.3 Å².